The molecule has 0 radical (unpaired) electrons. The number of rotatable bonds is 4. The van der Waals surface area contributed by atoms with Gasteiger partial charge >= 0.3 is 0 Å². The highest BCUT2D eigenvalue weighted by Gasteiger charge is 2.36. The van der Waals surface area contributed by atoms with Crippen LogP contribution in [0.1, 0.15) is 63.3 Å². The summed E-state index contributed by atoms with van der Waals surface area (Å²) in [6.07, 6.45) is 9.51. The van der Waals surface area contributed by atoms with Gasteiger partial charge in [-0.05, 0) is 37.5 Å². The maximum atomic E-state index is 9.13. The lowest BCUT2D eigenvalue weighted by atomic mass is 9.85. The van der Waals surface area contributed by atoms with Crippen LogP contribution in [0.2, 0.25) is 0 Å². The monoisotopic (exact) mass is 277 g/mol. The molecule has 4 nitrogen and oxygen atoms in total. The molecule has 1 heterocycles. The van der Waals surface area contributed by atoms with E-state index in [-0.39, 0.29) is 6.61 Å². The average Bonchev–Trinajstić information content (AvgIpc) is 2.96. The first-order valence-corrected chi connectivity index (χ1v) is 8.03. The van der Waals surface area contributed by atoms with Gasteiger partial charge in [0.05, 0.1) is 19.3 Å². The minimum atomic E-state index is 0.169. The predicted octanol–water partition coefficient (Wildman–Crippen LogP) is 2.42. The van der Waals surface area contributed by atoms with Crippen molar-refractivity contribution in [3.8, 4) is 0 Å². The lowest BCUT2D eigenvalue weighted by Gasteiger charge is -2.34. The molecule has 2 aliphatic carbocycles. The lowest BCUT2D eigenvalue weighted by molar-refractivity contribution is 0.249. The Balaban J connectivity index is 1.77. The second-order valence-electron chi connectivity index (χ2n) is 7.04. The van der Waals surface area contributed by atoms with E-state index in [1.165, 1.54) is 43.4 Å². The number of aliphatic hydroxyl groups is 1. The first kappa shape index (κ1) is 14.1. The molecule has 1 aromatic rings. The Labute approximate surface area is 121 Å². The fraction of sp³-hybridized carbons (Fsp3) is 0.812. The van der Waals surface area contributed by atoms with Crippen LogP contribution < -0.4 is 5.32 Å². The molecule has 2 aliphatic rings. The minimum absolute atomic E-state index is 0.169. The van der Waals surface area contributed by atoms with E-state index < -0.39 is 0 Å². The van der Waals surface area contributed by atoms with Gasteiger partial charge in [-0.15, -0.1) is 0 Å². The molecule has 0 spiro atoms. The smallest absolute Gasteiger partial charge is 0.0644 e. The Morgan fingerprint density at radius 1 is 1.40 bits per heavy atom. The zero-order valence-electron chi connectivity index (χ0n) is 12.7. The molecule has 4 heteroatoms. The van der Waals surface area contributed by atoms with E-state index in [2.05, 4.69) is 24.3 Å². The Morgan fingerprint density at radius 3 is 2.95 bits per heavy atom. The van der Waals surface area contributed by atoms with Gasteiger partial charge in [0.2, 0.25) is 0 Å². The van der Waals surface area contributed by atoms with Crippen molar-refractivity contribution in [2.75, 3.05) is 6.61 Å². The van der Waals surface area contributed by atoms with Crippen molar-refractivity contribution in [1.29, 1.82) is 0 Å². The summed E-state index contributed by atoms with van der Waals surface area (Å²) in [7, 11) is 0. The van der Waals surface area contributed by atoms with Gasteiger partial charge in [0.25, 0.3) is 0 Å². The predicted molar refractivity (Wildman–Crippen MR) is 79.5 cm³/mol. The molecular weight excluding hydrogens is 250 g/mol. The van der Waals surface area contributed by atoms with Crippen LogP contribution in [0.15, 0.2) is 6.20 Å². The molecule has 0 saturated heterocycles. The van der Waals surface area contributed by atoms with Gasteiger partial charge in [-0.25, -0.2) is 0 Å². The largest absolute Gasteiger partial charge is 0.394 e. The molecule has 2 atom stereocenters. The summed E-state index contributed by atoms with van der Waals surface area (Å²) in [6.45, 7) is 5.56. The zero-order chi connectivity index (χ0) is 14.2. The van der Waals surface area contributed by atoms with Crippen molar-refractivity contribution in [1.82, 2.24) is 15.1 Å². The summed E-state index contributed by atoms with van der Waals surface area (Å²) in [4.78, 5) is 0. The number of aliphatic hydroxyl groups excluding tert-OH is 1. The lowest BCUT2D eigenvalue weighted by Crippen LogP contribution is -2.41. The maximum Gasteiger partial charge on any atom is 0.0644 e. The number of nitrogens with one attached hydrogen (secondary N) is 1. The van der Waals surface area contributed by atoms with Gasteiger partial charge in [0.15, 0.2) is 0 Å². The van der Waals surface area contributed by atoms with Crippen LogP contribution in [0.3, 0.4) is 0 Å². The van der Waals surface area contributed by atoms with E-state index in [1.54, 1.807) is 0 Å². The molecule has 1 saturated carbocycles. The van der Waals surface area contributed by atoms with Crippen LogP contribution >= 0.6 is 0 Å². The summed E-state index contributed by atoms with van der Waals surface area (Å²) < 4.78 is 1.99. The van der Waals surface area contributed by atoms with Crippen LogP contribution in [-0.2, 0) is 13.0 Å². The molecule has 0 aromatic carbocycles. The normalized spacial score (nSPS) is 28.6. The number of aromatic nitrogens is 2. The highest BCUT2D eigenvalue weighted by Crippen LogP contribution is 2.40. The maximum absolute atomic E-state index is 9.13. The molecular formula is C16H27N3O. The van der Waals surface area contributed by atoms with Crippen LogP contribution in [0, 0.1) is 5.41 Å². The van der Waals surface area contributed by atoms with E-state index in [1.807, 2.05) is 10.9 Å². The van der Waals surface area contributed by atoms with E-state index in [0.717, 1.165) is 6.42 Å². The van der Waals surface area contributed by atoms with Crippen molar-refractivity contribution in [3.63, 3.8) is 0 Å². The Hall–Kier alpha value is -0.870. The standard InChI is InChI=1S/C16H27N3O/c1-16(2)8-4-7-15(16)18-13-5-3-6-14-12(13)11-17-19(14)9-10-20/h11,13,15,18,20H,3-10H2,1-2H3. The third-order valence-corrected chi connectivity index (χ3v) is 5.23. The fourth-order valence-electron chi connectivity index (χ4n) is 3.96. The fourth-order valence-corrected chi connectivity index (χ4v) is 3.96. The highest BCUT2D eigenvalue weighted by molar-refractivity contribution is 5.25. The van der Waals surface area contributed by atoms with Gasteiger partial charge in [-0.1, -0.05) is 20.3 Å². The third-order valence-electron chi connectivity index (χ3n) is 5.23. The second kappa shape index (κ2) is 5.49. The molecule has 20 heavy (non-hydrogen) atoms. The number of hydrogen-bond acceptors (Lipinski definition) is 3. The van der Waals surface area contributed by atoms with Crippen LogP contribution in [-0.4, -0.2) is 27.5 Å². The Morgan fingerprint density at radius 2 is 2.25 bits per heavy atom. The van der Waals surface area contributed by atoms with Gasteiger partial charge in [0, 0.05) is 23.3 Å². The molecule has 0 bridgehead atoms. The summed E-state index contributed by atoms with van der Waals surface area (Å²) in [6, 6.07) is 1.08. The van der Waals surface area contributed by atoms with E-state index in [0.29, 0.717) is 24.0 Å². The van der Waals surface area contributed by atoms with Crippen molar-refractivity contribution in [2.45, 2.75) is 71.0 Å². The van der Waals surface area contributed by atoms with Crippen molar-refractivity contribution in [2.24, 2.45) is 5.41 Å². The quantitative estimate of drug-likeness (QED) is 0.888. The topological polar surface area (TPSA) is 50.1 Å². The van der Waals surface area contributed by atoms with E-state index in [4.69, 9.17) is 5.11 Å². The van der Waals surface area contributed by atoms with E-state index >= 15 is 0 Å². The van der Waals surface area contributed by atoms with Gasteiger partial charge in [0.1, 0.15) is 0 Å². The van der Waals surface area contributed by atoms with Crippen molar-refractivity contribution >= 4 is 0 Å². The second-order valence-corrected chi connectivity index (χ2v) is 7.04. The van der Waals surface area contributed by atoms with Gasteiger partial charge < -0.3 is 10.4 Å². The SMILES string of the molecule is CC1(C)CCCC1NC1CCCc2c1cnn2CCO. The summed E-state index contributed by atoms with van der Waals surface area (Å²) >= 11 is 0. The number of nitrogens with zero attached hydrogens (tertiary/aromatic N) is 2. The summed E-state index contributed by atoms with van der Waals surface area (Å²) in [5.74, 6) is 0. The molecule has 2 N–H and O–H groups in total. The molecule has 2 unspecified atom stereocenters. The number of fused-ring (bicyclic) bond motifs is 1. The molecule has 0 aliphatic heterocycles. The Kier molecular flexibility index (Phi) is 3.87. The van der Waals surface area contributed by atoms with E-state index in [9.17, 15) is 0 Å². The van der Waals surface area contributed by atoms with Crippen LogP contribution in [0.25, 0.3) is 0 Å². The first-order chi connectivity index (χ1) is 9.62. The molecule has 112 valence electrons. The zero-order valence-corrected chi connectivity index (χ0v) is 12.7. The molecule has 1 fully saturated rings. The Bertz CT molecular complexity index is 466. The molecule has 1 aromatic heterocycles. The average molecular weight is 277 g/mol. The molecule has 3 rings (SSSR count). The van der Waals surface area contributed by atoms with Crippen molar-refractivity contribution < 1.29 is 5.11 Å². The van der Waals surface area contributed by atoms with Crippen molar-refractivity contribution in [3.05, 3.63) is 17.5 Å². The summed E-state index contributed by atoms with van der Waals surface area (Å²) in [5, 5.41) is 17.5. The minimum Gasteiger partial charge on any atom is -0.394 e. The van der Waals surface area contributed by atoms with Crippen LogP contribution in [0.5, 0.6) is 0 Å². The molecule has 0 amide bonds. The first-order valence-electron chi connectivity index (χ1n) is 8.03. The summed E-state index contributed by atoms with van der Waals surface area (Å²) in [5.41, 5.74) is 3.12. The highest BCUT2D eigenvalue weighted by atomic mass is 16.3. The van der Waals surface area contributed by atoms with Gasteiger partial charge in [-0.3, -0.25) is 4.68 Å². The number of hydrogen-bond donors (Lipinski definition) is 2. The van der Waals surface area contributed by atoms with Crippen LogP contribution in [0.4, 0.5) is 0 Å². The van der Waals surface area contributed by atoms with Gasteiger partial charge in [-0.2, -0.15) is 5.10 Å². The third kappa shape index (κ3) is 2.51.